The van der Waals surface area contributed by atoms with Crippen LogP contribution in [-0.2, 0) is 11.2 Å². The van der Waals surface area contributed by atoms with Crippen LogP contribution < -0.4 is 5.32 Å². The van der Waals surface area contributed by atoms with Gasteiger partial charge < -0.3 is 10.1 Å². The first-order chi connectivity index (χ1) is 9.72. The summed E-state index contributed by atoms with van der Waals surface area (Å²) in [5.74, 6) is 0.750. The molecule has 0 bridgehead atoms. The van der Waals surface area contributed by atoms with Gasteiger partial charge in [-0.3, -0.25) is 0 Å². The molecule has 2 nitrogen and oxygen atoms in total. The summed E-state index contributed by atoms with van der Waals surface area (Å²) in [6.07, 6.45) is 4.90. The Morgan fingerprint density at radius 1 is 1.25 bits per heavy atom. The molecule has 0 saturated carbocycles. The Kier molecular flexibility index (Phi) is 6.06. The Balaban J connectivity index is 2.11. The number of benzene rings is 1. The molecule has 2 atom stereocenters. The third kappa shape index (κ3) is 4.07. The van der Waals surface area contributed by atoms with Gasteiger partial charge in [-0.15, -0.1) is 0 Å². The molecular weight excluding hydrogens is 246 g/mol. The molecule has 0 aromatic heterocycles. The molecule has 0 saturated heterocycles. The molecule has 0 radical (unpaired) electrons. The molecule has 2 unspecified atom stereocenters. The van der Waals surface area contributed by atoms with E-state index >= 15 is 0 Å². The minimum absolute atomic E-state index is 0.227. The first-order valence-electron chi connectivity index (χ1n) is 8.15. The lowest BCUT2D eigenvalue weighted by Crippen LogP contribution is -2.39. The smallest absolute Gasteiger partial charge is 0.0980 e. The van der Waals surface area contributed by atoms with E-state index in [-0.39, 0.29) is 6.10 Å². The van der Waals surface area contributed by atoms with Crippen LogP contribution in [0.4, 0.5) is 0 Å². The van der Waals surface area contributed by atoms with Gasteiger partial charge in [-0.05, 0) is 49.3 Å². The number of hydrogen-bond acceptors (Lipinski definition) is 2. The second-order valence-corrected chi connectivity index (χ2v) is 6.27. The van der Waals surface area contributed by atoms with Crippen molar-refractivity contribution < 1.29 is 4.74 Å². The highest BCUT2D eigenvalue weighted by Crippen LogP contribution is 2.31. The summed E-state index contributed by atoms with van der Waals surface area (Å²) in [4.78, 5) is 0. The van der Waals surface area contributed by atoms with Crippen molar-refractivity contribution in [1.82, 2.24) is 5.32 Å². The number of hydrogen-bond donors (Lipinski definition) is 1. The van der Waals surface area contributed by atoms with Crippen LogP contribution in [0.15, 0.2) is 24.3 Å². The molecule has 1 N–H and O–H groups in total. The average molecular weight is 275 g/mol. The fourth-order valence-corrected chi connectivity index (χ4v) is 2.96. The molecule has 2 heteroatoms. The zero-order valence-electron chi connectivity index (χ0n) is 13.2. The molecule has 1 aromatic rings. The van der Waals surface area contributed by atoms with Gasteiger partial charge >= 0.3 is 0 Å². The van der Waals surface area contributed by atoms with E-state index in [9.17, 15) is 0 Å². The first kappa shape index (κ1) is 15.5. The van der Waals surface area contributed by atoms with Crippen molar-refractivity contribution in [3.05, 3.63) is 35.4 Å². The Morgan fingerprint density at radius 3 is 2.80 bits per heavy atom. The third-order valence-corrected chi connectivity index (χ3v) is 4.11. The zero-order chi connectivity index (χ0) is 14.4. The van der Waals surface area contributed by atoms with Crippen LogP contribution in [0.3, 0.4) is 0 Å². The van der Waals surface area contributed by atoms with Crippen molar-refractivity contribution in [2.75, 3.05) is 13.2 Å². The van der Waals surface area contributed by atoms with Gasteiger partial charge in [-0.25, -0.2) is 0 Å². The highest BCUT2D eigenvalue weighted by atomic mass is 16.5. The zero-order valence-corrected chi connectivity index (χ0v) is 13.2. The molecule has 20 heavy (non-hydrogen) atoms. The standard InChI is InChI=1S/C18H29NO/c1-4-12-19-17(10-9-14(2)3)18-16-8-6-5-7-15(16)11-13-20-18/h5-8,14,17-19H,4,9-13H2,1-3H3. The first-order valence-corrected chi connectivity index (χ1v) is 8.15. The van der Waals surface area contributed by atoms with Crippen molar-refractivity contribution in [2.24, 2.45) is 5.92 Å². The van der Waals surface area contributed by atoms with Crippen LogP contribution in [0.25, 0.3) is 0 Å². The van der Waals surface area contributed by atoms with E-state index in [4.69, 9.17) is 4.74 Å². The van der Waals surface area contributed by atoms with E-state index < -0.39 is 0 Å². The monoisotopic (exact) mass is 275 g/mol. The van der Waals surface area contributed by atoms with E-state index in [1.54, 1.807) is 0 Å². The fourth-order valence-electron chi connectivity index (χ4n) is 2.96. The number of fused-ring (bicyclic) bond motifs is 1. The Hall–Kier alpha value is -0.860. The summed E-state index contributed by atoms with van der Waals surface area (Å²) in [6, 6.07) is 9.22. The molecule has 0 amide bonds. The summed E-state index contributed by atoms with van der Waals surface area (Å²) in [5, 5.41) is 3.71. The van der Waals surface area contributed by atoms with Crippen LogP contribution in [0.5, 0.6) is 0 Å². The van der Waals surface area contributed by atoms with Gasteiger partial charge in [-0.1, -0.05) is 45.0 Å². The van der Waals surface area contributed by atoms with Crippen LogP contribution >= 0.6 is 0 Å². The SMILES string of the molecule is CCCNC(CCC(C)C)C1OCCc2ccccc21. The molecule has 112 valence electrons. The van der Waals surface area contributed by atoms with Crippen molar-refractivity contribution >= 4 is 0 Å². The highest BCUT2D eigenvalue weighted by Gasteiger charge is 2.28. The number of rotatable bonds is 7. The summed E-state index contributed by atoms with van der Waals surface area (Å²) < 4.78 is 6.13. The molecule has 0 aliphatic carbocycles. The largest absolute Gasteiger partial charge is 0.372 e. The average Bonchev–Trinajstić information content (AvgIpc) is 2.47. The second kappa shape index (κ2) is 7.80. The van der Waals surface area contributed by atoms with Crippen LogP contribution in [0.2, 0.25) is 0 Å². The second-order valence-electron chi connectivity index (χ2n) is 6.27. The minimum atomic E-state index is 0.227. The van der Waals surface area contributed by atoms with Crippen LogP contribution in [0.1, 0.15) is 57.3 Å². The van der Waals surface area contributed by atoms with Gasteiger partial charge in [0.05, 0.1) is 12.7 Å². The van der Waals surface area contributed by atoms with Gasteiger partial charge in [0.15, 0.2) is 0 Å². The van der Waals surface area contributed by atoms with Gasteiger partial charge in [-0.2, -0.15) is 0 Å². The van der Waals surface area contributed by atoms with E-state index in [2.05, 4.69) is 50.4 Å². The topological polar surface area (TPSA) is 21.3 Å². The minimum Gasteiger partial charge on any atom is -0.372 e. The van der Waals surface area contributed by atoms with Crippen molar-refractivity contribution in [3.63, 3.8) is 0 Å². The normalized spacial score (nSPS) is 19.9. The lowest BCUT2D eigenvalue weighted by molar-refractivity contribution is 0.0121. The predicted molar refractivity (Wildman–Crippen MR) is 85.0 cm³/mol. The maximum atomic E-state index is 6.13. The molecular formula is C18H29NO. The van der Waals surface area contributed by atoms with Crippen molar-refractivity contribution in [3.8, 4) is 0 Å². The summed E-state index contributed by atoms with van der Waals surface area (Å²) in [7, 11) is 0. The maximum Gasteiger partial charge on any atom is 0.0980 e. The van der Waals surface area contributed by atoms with E-state index in [0.717, 1.165) is 25.5 Å². The molecule has 1 heterocycles. The van der Waals surface area contributed by atoms with Gasteiger partial charge in [0.25, 0.3) is 0 Å². The molecule has 1 aliphatic rings. The van der Waals surface area contributed by atoms with Crippen molar-refractivity contribution in [1.29, 1.82) is 0 Å². The van der Waals surface area contributed by atoms with Crippen LogP contribution in [0, 0.1) is 5.92 Å². The van der Waals surface area contributed by atoms with Gasteiger partial charge in [0, 0.05) is 6.04 Å². The molecule has 0 spiro atoms. The quantitative estimate of drug-likeness (QED) is 0.808. The molecule has 0 fully saturated rings. The van der Waals surface area contributed by atoms with E-state index in [1.165, 1.54) is 30.4 Å². The lowest BCUT2D eigenvalue weighted by atomic mass is 9.90. The Labute approximate surface area is 123 Å². The number of ether oxygens (including phenoxy) is 1. The summed E-state index contributed by atoms with van der Waals surface area (Å²) in [6.45, 7) is 8.75. The summed E-state index contributed by atoms with van der Waals surface area (Å²) >= 11 is 0. The lowest BCUT2D eigenvalue weighted by Gasteiger charge is -2.33. The van der Waals surface area contributed by atoms with Gasteiger partial charge in [0.2, 0.25) is 0 Å². The molecule has 1 aliphatic heterocycles. The molecule has 1 aromatic carbocycles. The third-order valence-electron chi connectivity index (χ3n) is 4.11. The van der Waals surface area contributed by atoms with Crippen LogP contribution in [-0.4, -0.2) is 19.2 Å². The van der Waals surface area contributed by atoms with Crippen molar-refractivity contribution in [2.45, 2.75) is 58.6 Å². The van der Waals surface area contributed by atoms with E-state index in [0.29, 0.717) is 6.04 Å². The van der Waals surface area contributed by atoms with E-state index in [1.807, 2.05) is 0 Å². The molecule has 2 rings (SSSR count). The van der Waals surface area contributed by atoms with Gasteiger partial charge in [0.1, 0.15) is 0 Å². The Morgan fingerprint density at radius 2 is 2.05 bits per heavy atom. The fraction of sp³-hybridized carbons (Fsp3) is 0.667. The number of nitrogens with one attached hydrogen (secondary N) is 1. The highest BCUT2D eigenvalue weighted by molar-refractivity contribution is 5.31. The predicted octanol–water partition coefficient (Wildman–Crippen LogP) is 4.10. The summed E-state index contributed by atoms with van der Waals surface area (Å²) in [5.41, 5.74) is 2.87. The Bertz CT molecular complexity index is 402. The maximum absolute atomic E-state index is 6.13.